The number of benzene rings is 1. The van der Waals surface area contributed by atoms with Crippen molar-refractivity contribution in [3.8, 4) is 0 Å². The van der Waals surface area contributed by atoms with E-state index in [-0.39, 0.29) is 17.6 Å². The lowest BCUT2D eigenvalue weighted by atomic mass is 9.79. The Balaban J connectivity index is 1.62. The van der Waals surface area contributed by atoms with Crippen LogP contribution in [0, 0.1) is 0 Å². The molecule has 4 heteroatoms. The molecule has 3 rings (SSSR count). The van der Waals surface area contributed by atoms with E-state index < -0.39 is 0 Å². The molecule has 0 bridgehead atoms. The van der Waals surface area contributed by atoms with Crippen molar-refractivity contribution in [2.75, 3.05) is 19.6 Å². The van der Waals surface area contributed by atoms with Gasteiger partial charge in [0.1, 0.15) is 0 Å². The highest BCUT2D eigenvalue weighted by Crippen LogP contribution is 2.40. The minimum Gasteiger partial charge on any atom is -0.393 e. The maximum Gasteiger partial charge on any atom is 0.317 e. The minimum absolute atomic E-state index is 0.0223. The minimum atomic E-state index is -0.241. The molecule has 22 heavy (non-hydrogen) atoms. The van der Waals surface area contributed by atoms with E-state index in [2.05, 4.69) is 29.6 Å². The summed E-state index contributed by atoms with van der Waals surface area (Å²) in [6.45, 7) is 2.03. The van der Waals surface area contributed by atoms with Gasteiger partial charge in [-0.2, -0.15) is 0 Å². The lowest BCUT2D eigenvalue weighted by Gasteiger charge is -2.33. The summed E-state index contributed by atoms with van der Waals surface area (Å²) >= 11 is 0. The molecule has 0 aromatic heterocycles. The molecule has 4 nitrogen and oxygen atoms in total. The highest BCUT2D eigenvalue weighted by molar-refractivity contribution is 5.74. The number of hydrogen-bond donors (Lipinski definition) is 2. The first-order chi connectivity index (χ1) is 10.7. The van der Waals surface area contributed by atoms with Gasteiger partial charge in [0.05, 0.1) is 6.10 Å². The number of carbonyl (C=O) groups is 1. The number of nitrogens with zero attached hydrogens (tertiary/aromatic N) is 1. The average molecular weight is 302 g/mol. The van der Waals surface area contributed by atoms with E-state index >= 15 is 0 Å². The molecule has 1 aromatic carbocycles. The van der Waals surface area contributed by atoms with E-state index in [1.165, 1.54) is 18.4 Å². The Labute approximate surface area is 132 Å². The van der Waals surface area contributed by atoms with Gasteiger partial charge in [-0.3, -0.25) is 0 Å². The number of urea groups is 1. The highest BCUT2D eigenvalue weighted by atomic mass is 16.3. The van der Waals surface area contributed by atoms with Gasteiger partial charge in [-0.05, 0) is 31.2 Å². The van der Waals surface area contributed by atoms with Crippen LogP contribution in [0.15, 0.2) is 30.3 Å². The van der Waals surface area contributed by atoms with Crippen LogP contribution in [0.1, 0.15) is 44.1 Å². The van der Waals surface area contributed by atoms with E-state index in [1.807, 2.05) is 11.0 Å². The fourth-order valence-corrected chi connectivity index (χ4v) is 3.84. The average Bonchev–Trinajstić information content (AvgIpc) is 3.04. The molecule has 0 spiro atoms. The van der Waals surface area contributed by atoms with Crippen molar-refractivity contribution in [1.29, 1.82) is 0 Å². The molecule has 1 aromatic rings. The quantitative estimate of drug-likeness (QED) is 0.902. The second-order valence-electron chi connectivity index (χ2n) is 6.73. The van der Waals surface area contributed by atoms with Crippen LogP contribution in [0.2, 0.25) is 0 Å². The third-order valence-electron chi connectivity index (χ3n) is 5.28. The molecule has 0 radical (unpaired) electrons. The van der Waals surface area contributed by atoms with E-state index in [0.29, 0.717) is 25.9 Å². The number of aliphatic hydroxyl groups excluding tert-OH is 1. The number of amides is 2. The Morgan fingerprint density at radius 1 is 1.18 bits per heavy atom. The molecule has 1 saturated carbocycles. The SMILES string of the molecule is O=C(NCC1(c2ccccc2)CCCC1)N1CCC(O)CC1. The Morgan fingerprint density at radius 2 is 1.82 bits per heavy atom. The first-order valence-electron chi connectivity index (χ1n) is 8.46. The normalized spacial score (nSPS) is 21.8. The van der Waals surface area contributed by atoms with Crippen LogP contribution in [0.4, 0.5) is 4.79 Å². The number of rotatable bonds is 3. The van der Waals surface area contributed by atoms with Gasteiger partial charge in [-0.25, -0.2) is 4.79 Å². The van der Waals surface area contributed by atoms with E-state index in [1.54, 1.807) is 0 Å². The summed E-state index contributed by atoms with van der Waals surface area (Å²) in [5.74, 6) is 0. The van der Waals surface area contributed by atoms with E-state index in [4.69, 9.17) is 0 Å². The maximum atomic E-state index is 12.4. The van der Waals surface area contributed by atoms with Crippen molar-refractivity contribution < 1.29 is 9.90 Å². The lowest BCUT2D eigenvalue weighted by molar-refractivity contribution is 0.0932. The molecule has 1 saturated heterocycles. The summed E-state index contributed by atoms with van der Waals surface area (Å²) in [6.07, 6.45) is 5.91. The zero-order chi connectivity index (χ0) is 15.4. The maximum absolute atomic E-state index is 12.4. The molecule has 2 amide bonds. The molecule has 2 aliphatic rings. The molecular weight excluding hydrogens is 276 g/mol. The number of aliphatic hydroxyl groups is 1. The van der Waals surface area contributed by atoms with Gasteiger partial charge in [0.25, 0.3) is 0 Å². The van der Waals surface area contributed by atoms with Crippen molar-refractivity contribution in [1.82, 2.24) is 10.2 Å². The second-order valence-corrected chi connectivity index (χ2v) is 6.73. The Morgan fingerprint density at radius 3 is 2.45 bits per heavy atom. The van der Waals surface area contributed by atoms with Crippen molar-refractivity contribution in [3.63, 3.8) is 0 Å². The smallest absolute Gasteiger partial charge is 0.317 e. The van der Waals surface area contributed by atoms with Crippen molar-refractivity contribution in [2.45, 2.75) is 50.0 Å². The molecule has 0 atom stereocenters. The fourth-order valence-electron chi connectivity index (χ4n) is 3.84. The monoisotopic (exact) mass is 302 g/mol. The summed E-state index contributed by atoms with van der Waals surface area (Å²) in [7, 11) is 0. The third-order valence-corrected chi connectivity index (χ3v) is 5.28. The van der Waals surface area contributed by atoms with Crippen LogP contribution in [-0.4, -0.2) is 41.8 Å². The van der Waals surface area contributed by atoms with Crippen molar-refractivity contribution in [3.05, 3.63) is 35.9 Å². The number of likely N-dealkylation sites (tertiary alicyclic amines) is 1. The zero-order valence-electron chi connectivity index (χ0n) is 13.1. The summed E-state index contributed by atoms with van der Waals surface area (Å²) in [5.41, 5.74) is 1.45. The first kappa shape index (κ1) is 15.3. The van der Waals surface area contributed by atoms with Gasteiger partial charge in [-0.1, -0.05) is 43.2 Å². The van der Waals surface area contributed by atoms with Crippen LogP contribution >= 0.6 is 0 Å². The van der Waals surface area contributed by atoms with Crippen LogP contribution in [0.3, 0.4) is 0 Å². The molecule has 1 heterocycles. The highest BCUT2D eigenvalue weighted by Gasteiger charge is 2.36. The lowest BCUT2D eigenvalue weighted by Crippen LogP contribution is -2.48. The first-order valence-corrected chi connectivity index (χ1v) is 8.46. The van der Waals surface area contributed by atoms with Gasteiger partial charge >= 0.3 is 6.03 Å². The third kappa shape index (κ3) is 3.27. The van der Waals surface area contributed by atoms with Crippen LogP contribution in [0.5, 0.6) is 0 Å². The summed E-state index contributed by atoms with van der Waals surface area (Å²) < 4.78 is 0. The number of carbonyl (C=O) groups excluding carboxylic acids is 1. The Hall–Kier alpha value is -1.55. The largest absolute Gasteiger partial charge is 0.393 e. The fraction of sp³-hybridized carbons (Fsp3) is 0.611. The van der Waals surface area contributed by atoms with E-state index in [9.17, 15) is 9.90 Å². The molecular formula is C18H26N2O2. The zero-order valence-corrected chi connectivity index (χ0v) is 13.1. The van der Waals surface area contributed by atoms with Crippen molar-refractivity contribution >= 4 is 6.03 Å². The van der Waals surface area contributed by atoms with E-state index in [0.717, 1.165) is 19.4 Å². The van der Waals surface area contributed by atoms with Gasteiger partial charge in [0, 0.05) is 25.0 Å². The summed E-state index contributed by atoms with van der Waals surface area (Å²) in [4.78, 5) is 14.2. The van der Waals surface area contributed by atoms with Crippen LogP contribution < -0.4 is 5.32 Å². The van der Waals surface area contributed by atoms with Crippen LogP contribution in [-0.2, 0) is 5.41 Å². The topological polar surface area (TPSA) is 52.6 Å². The predicted octanol–water partition coefficient (Wildman–Crippen LogP) is 2.66. The van der Waals surface area contributed by atoms with Gasteiger partial charge in [0.15, 0.2) is 0 Å². The van der Waals surface area contributed by atoms with Crippen LogP contribution in [0.25, 0.3) is 0 Å². The molecule has 2 N–H and O–H groups in total. The Kier molecular flexibility index (Phi) is 4.67. The molecule has 0 unspecified atom stereocenters. The molecule has 1 aliphatic heterocycles. The predicted molar refractivity (Wildman–Crippen MR) is 86.8 cm³/mol. The number of piperidine rings is 1. The number of hydrogen-bond acceptors (Lipinski definition) is 2. The standard InChI is InChI=1S/C18H26N2O2/c21-16-8-12-20(13-9-16)17(22)19-14-18(10-4-5-11-18)15-6-2-1-3-7-15/h1-3,6-7,16,21H,4-5,8-14H2,(H,19,22). The second kappa shape index (κ2) is 6.69. The number of nitrogens with one attached hydrogen (secondary N) is 1. The molecule has 2 fully saturated rings. The molecule has 1 aliphatic carbocycles. The van der Waals surface area contributed by atoms with Gasteiger partial charge in [0.2, 0.25) is 0 Å². The summed E-state index contributed by atoms with van der Waals surface area (Å²) in [5, 5.41) is 12.7. The Bertz CT molecular complexity index is 489. The molecule has 120 valence electrons. The van der Waals surface area contributed by atoms with Gasteiger partial charge in [-0.15, -0.1) is 0 Å². The van der Waals surface area contributed by atoms with Crippen molar-refractivity contribution in [2.24, 2.45) is 0 Å². The van der Waals surface area contributed by atoms with Gasteiger partial charge < -0.3 is 15.3 Å². The summed E-state index contributed by atoms with van der Waals surface area (Å²) in [6, 6.07) is 10.6.